The van der Waals surface area contributed by atoms with Gasteiger partial charge in [0.2, 0.25) is 0 Å². The molecule has 128 valence electrons. The Morgan fingerprint density at radius 1 is 1.17 bits per heavy atom. The highest BCUT2D eigenvalue weighted by molar-refractivity contribution is 7.89. The number of nitrogens with zero attached hydrogens (tertiary/aromatic N) is 1. The number of hydrogen-bond donors (Lipinski definition) is 1. The summed E-state index contributed by atoms with van der Waals surface area (Å²) in [7, 11) is -3.58. The van der Waals surface area contributed by atoms with Crippen LogP contribution in [0.25, 0.3) is 0 Å². The van der Waals surface area contributed by atoms with Gasteiger partial charge in [0.15, 0.2) is 0 Å². The minimum absolute atomic E-state index is 0.269. The minimum atomic E-state index is -3.58. The third kappa shape index (κ3) is 5.34. The fourth-order valence-electron chi connectivity index (χ4n) is 3.07. The topological polar surface area (TPSA) is 58.5 Å². The first-order chi connectivity index (χ1) is 10.9. The van der Waals surface area contributed by atoms with Crippen molar-refractivity contribution in [2.45, 2.75) is 64.2 Å². The van der Waals surface area contributed by atoms with Crippen LogP contribution < -0.4 is 4.83 Å². The quantitative estimate of drug-likeness (QED) is 0.627. The second kappa shape index (κ2) is 7.95. The zero-order valence-corrected chi connectivity index (χ0v) is 15.2. The smallest absolute Gasteiger partial charge is 0.200 e. The van der Waals surface area contributed by atoms with E-state index in [1.165, 1.54) is 19.3 Å². The summed E-state index contributed by atoms with van der Waals surface area (Å²) in [5, 5.41) is 4.15. The molecule has 0 atom stereocenters. The highest BCUT2D eigenvalue weighted by Gasteiger charge is 2.18. The fraction of sp³-hybridized carbons (Fsp3) is 0.611. The summed E-state index contributed by atoms with van der Waals surface area (Å²) in [6.45, 7) is 6.22. The Labute approximate surface area is 140 Å². The molecule has 0 aliphatic heterocycles. The van der Waals surface area contributed by atoms with Gasteiger partial charge in [-0.05, 0) is 55.7 Å². The molecule has 1 aromatic carbocycles. The van der Waals surface area contributed by atoms with E-state index in [4.69, 9.17) is 0 Å². The predicted octanol–water partition coefficient (Wildman–Crippen LogP) is 4.12. The zero-order valence-electron chi connectivity index (χ0n) is 14.4. The maximum Gasteiger partial charge on any atom is 0.276 e. The van der Waals surface area contributed by atoms with Gasteiger partial charge in [-0.15, -0.1) is 0 Å². The average molecular weight is 337 g/mol. The van der Waals surface area contributed by atoms with Crippen molar-refractivity contribution in [3.63, 3.8) is 0 Å². The van der Waals surface area contributed by atoms with Gasteiger partial charge >= 0.3 is 0 Å². The van der Waals surface area contributed by atoms with Crippen molar-refractivity contribution in [1.29, 1.82) is 0 Å². The number of hydrogen-bond acceptors (Lipinski definition) is 3. The molecule has 1 saturated carbocycles. The maximum atomic E-state index is 12.3. The molecule has 2 rings (SSSR count). The van der Waals surface area contributed by atoms with Crippen LogP contribution in [0.5, 0.6) is 0 Å². The Bertz CT molecular complexity index is 627. The highest BCUT2D eigenvalue weighted by atomic mass is 32.2. The van der Waals surface area contributed by atoms with Crippen molar-refractivity contribution in [2.75, 3.05) is 0 Å². The van der Waals surface area contributed by atoms with Crippen LogP contribution in [0.15, 0.2) is 34.3 Å². The van der Waals surface area contributed by atoms with Crippen LogP contribution in [0.3, 0.4) is 0 Å². The van der Waals surface area contributed by atoms with E-state index in [0.29, 0.717) is 11.8 Å². The van der Waals surface area contributed by atoms with Gasteiger partial charge in [0, 0.05) is 5.71 Å². The molecule has 5 heteroatoms. The summed E-state index contributed by atoms with van der Waals surface area (Å²) in [6, 6.07) is 7.08. The minimum Gasteiger partial charge on any atom is -0.200 e. The molecule has 0 spiro atoms. The van der Waals surface area contributed by atoms with Crippen LogP contribution in [0.4, 0.5) is 0 Å². The molecule has 0 aromatic heterocycles. The molecule has 0 heterocycles. The van der Waals surface area contributed by atoms with Crippen molar-refractivity contribution in [1.82, 2.24) is 4.83 Å². The monoisotopic (exact) mass is 336 g/mol. The van der Waals surface area contributed by atoms with Crippen molar-refractivity contribution in [2.24, 2.45) is 16.9 Å². The molecule has 1 fully saturated rings. The molecule has 0 unspecified atom stereocenters. The first-order valence-corrected chi connectivity index (χ1v) is 10.0. The van der Waals surface area contributed by atoms with Crippen LogP contribution in [0, 0.1) is 11.8 Å². The molecular weight excluding hydrogens is 308 g/mol. The summed E-state index contributed by atoms with van der Waals surface area (Å²) in [4.78, 5) is 2.66. The van der Waals surface area contributed by atoms with Crippen LogP contribution >= 0.6 is 0 Å². The number of benzene rings is 1. The van der Waals surface area contributed by atoms with Crippen molar-refractivity contribution in [3.8, 4) is 0 Å². The van der Waals surface area contributed by atoms with E-state index in [1.54, 1.807) is 12.1 Å². The molecule has 0 radical (unpaired) electrons. The number of nitrogens with one attached hydrogen (secondary N) is 1. The van der Waals surface area contributed by atoms with E-state index in [2.05, 4.69) is 23.8 Å². The molecule has 0 saturated heterocycles. The number of rotatable bonds is 6. The van der Waals surface area contributed by atoms with Gasteiger partial charge in [-0.2, -0.15) is 13.5 Å². The molecule has 1 N–H and O–H groups in total. The van der Waals surface area contributed by atoms with Gasteiger partial charge in [-0.3, -0.25) is 0 Å². The average Bonchev–Trinajstić information content (AvgIpc) is 2.53. The molecule has 1 aliphatic rings. The molecule has 1 aromatic rings. The SMILES string of the molecule is C/C(=N/NS(=O)(=O)c1ccc(CC(C)C)cc1)C1CCCCC1. The summed E-state index contributed by atoms with van der Waals surface area (Å²) in [5.41, 5.74) is 2.05. The molecule has 4 nitrogen and oxygen atoms in total. The highest BCUT2D eigenvalue weighted by Crippen LogP contribution is 2.24. The van der Waals surface area contributed by atoms with Gasteiger partial charge in [0.05, 0.1) is 4.90 Å². The Hall–Kier alpha value is -1.36. The Balaban J connectivity index is 2.03. The lowest BCUT2D eigenvalue weighted by Crippen LogP contribution is -2.23. The van der Waals surface area contributed by atoms with Crippen molar-refractivity contribution in [3.05, 3.63) is 29.8 Å². The predicted molar refractivity (Wildman–Crippen MR) is 95.0 cm³/mol. The Morgan fingerprint density at radius 3 is 2.35 bits per heavy atom. The second-order valence-corrected chi connectivity index (χ2v) is 8.59. The normalized spacial score (nSPS) is 17.5. The van der Waals surface area contributed by atoms with E-state index in [-0.39, 0.29) is 4.90 Å². The molecule has 0 amide bonds. The summed E-state index contributed by atoms with van der Waals surface area (Å²) < 4.78 is 24.7. The van der Waals surface area contributed by atoms with Crippen LogP contribution in [0.2, 0.25) is 0 Å². The fourth-order valence-corrected chi connectivity index (χ4v) is 3.94. The first kappa shape index (κ1) is 18.0. The van der Waals surface area contributed by atoms with Gasteiger partial charge in [-0.25, -0.2) is 4.83 Å². The van der Waals surface area contributed by atoms with E-state index in [0.717, 1.165) is 30.5 Å². The lowest BCUT2D eigenvalue weighted by atomic mass is 9.86. The third-order valence-corrected chi connectivity index (χ3v) is 5.64. The van der Waals surface area contributed by atoms with E-state index in [1.807, 2.05) is 19.1 Å². The summed E-state index contributed by atoms with van der Waals surface area (Å²) >= 11 is 0. The number of hydrazone groups is 1. The van der Waals surface area contributed by atoms with Crippen molar-refractivity contribution >= 4 is 15.7 Å². The molecule has 0 bridgehead atoms. The van der Waals surface area contributed by atoms with Gasteiger partial charge in [-0.1, -0.05) is 45.2 Å². The van der Waals surface area contributed by atoms with Crippen molar-refractivity contribution < 1.29 is 8.42 Å². The van der Waals surface area contributed by atoms with Gasteiger partial charge in [0.25, 0.3) is 10.0 Å². The molecular formula is C18H28N2O2S. The summed E-state index contributed by atoms with van der Waals surface area (Å²) in [6.07, 6.45) is 6.87. The summed E-state index contributed by atoms with van der Waals surface area (Å²) in [5.74, 6) is 0.971. The van der Waals surface area contributed by atoms with Crippen LogP contribution in [-0.4, -0.2) is 14.1 Å². The van der Waals surface area contributed by atoms with E-state index >= 15 is 0 Å². The van der Waals surface area contributed by atoms with Gasteiger partial charge < -0.3 is 0 Å². The second-order valence-electron chi connectivity index (χ2n) is 6.92. The molecule has 23 heavy (non-hydrogen) atoms. The Kier molecular flexibility index (Phi) is 6.22. The lowest BCUT2D eigenvalue weighted by Gasteiger charge is -2.21. The Morgan fingerprint density at radius 2 is 1.78 bits per heavy atom. The number of sulfonamides is 1. The van der Waals surface area contributed by atoms with E-state index in [9.17, 15) is 8.42 Å². The maximum absolute atomic E-state index is 12.3. The van der Waals surface area contributed by atoms with E-state index < -0.39 is 10.0 Å². The third-order valence-electron chi connectivity index (χ3n) is 4.42. The molecule has 1 aliphatic carbocycles. The van der Waals surface area contributed by atoms with Crippen LogP contribution in [0.1, 0.15) is 58.4 Å². The largest absolute Gasteiger partial charge is 0.276 e. The van der Waals surface area contributed by atoms with Gasteiger partial charge in [0.1, 0.15) is 0 Å². The van der Waals surface area contributed by atoms with Crippen LogP contribution in [-0.2, 0) is 16.4 Å². The lowest BCUT2D eigenvalue weighted by molar-refractivity contribution is 0.437. The standard InChI is InChI=1S/C18H28N2O2S/c1-14(2)13-16-9-11-18(12-10-16)23(21,22)20-19-15(3)17-7-5-4-6-8-17/h9-12,14,17,20H,4-8,13H2,1-3H3/b19-15-. The zero-order chi connectivity index (χ0) is 16.9. The first-order valence-electron chi connectivity index (χ1n) is 8.53.